The molecule has 0 saturated carbocycles. The first-order valence-corrected chi connectivity index (χ1v) is 9.01. The van der Waals surface area contributed by atoms with Crippen molar-refractivity contribution in [1.82, 2.24) is 9.88 Å². The van der Waals surface area contributed by atoms with Gasteiger partial charge in [-0.15, -0.1) is 11.3 Å². The number of aryl methyl sites for hydroxylation is 1. The van der Waals surface area contributed by atoms with Crippen LogP contribution in [0.2, 0.25) is 0 Å². The first-order chi connectivity index (χ1) is 11.1. The molecule has 3 rings (SSSR count). The minimum Gasteiger partial charge on any atom is -0.334 e. The van der Waals surface area contributed by atoms with Crippen molar-refractivity contribution < 1.29 is 4.79 Å². The highest BCUT2D eigenvalue weighted by Gasteiger charge is 2.31. The molecule has 1 aliphatic heterocycles. The number of carbonyl (C=O) groups is 1. The molecule has 0 radical (unpaired) electrons. The zero-order valence-corrected chi connectivity index (χ0v) is 14.5. The summed E-state index contributed by atoms with van der Waals surface area (Å²) in [4.78, 5) is 19.3. The number of thiazole rings is 1. The third kappa shape index (κ3) is 3.31. The summed E-state index contributed by atoms with van der Waals surface area (Å²) in [6.07, 6.45) is 2.20. The molecule has 2 atom stereocenters. The number of benzene rings is 1. The Hall–Kier alpha value is -1.72. The summed E-state index contributed by atoms with van der Waals surface area (Å²) >= 11 is 1.63. The second-order valence-electron chi connectivity index (χ2n) is 6.29. The Morgan fingerprint density at radius 3 is 2.74 bits per heavy atom. The lowest BCUT2D eigenvalue weighted by Crippen LogP contribution is -2.51. The van der Waals surface area contributed by atoms with Crippen molar-refractivity contribution in [2.24, 2.45) is 11.7 Å². The number of likely N-dealkylation sites (tertiary alicyclic amines) is 1. The van der Waals surface area contributed by atoms with Crippen LogP contribution in [0.5, 0.6) is 0 Å². The minimum absolute atomic E-state index is 0.0915. The zero-order chi connectivity index (χ0) is 16.4. The Balaban J connectivity index is 1.79. The first kappa shape index (κ1) is 16.1. The van der Waals surface area contributed by atoms with Crippen LogP contribution in [0.1, 0.15) is 35.8 Å². The molecule has 1 aromatic carbocycles. The fraction of sp³-hybridized carbons (Fsp3) is 0.444. The average Bonchev–Trinajstić information content (AvgIpc) is 3.00. The van der Waals surface area contributed by atoms with Gasteiger partial charge in [-0.25, -0.2) is 4.98 Å². The predicted octanol–water partition coefficient (Wildman–Crippen LogP) is 3.32. The van der Waals surface area contributed by atoms with Crippen molar-refractivity contribution in [2.45, 2.75) is 32.7 Å². The summed E-state index contributed by atoms with van der Waals surface area (Å²) < 4.78 is 0. The van der Waals surface area contributed by atoms with Gasteiger partial charge in [0.05, 0.1) is 0 Å². The van der Waals surface area contributed by atoms with Gasteiger partial charge in [-0.1, -0.05) is 19.1 Å². The highest BCUT2D eigenvalue weighted by Crippen LogP contribution is 2.26. The SMILES string of the molecule is Cc1csc(-c2ccc(C(=O)N3CCC[C@@H](C)[C@@H]3CN)cc2)n1. The number of hydrogen-bond donors (Lipinski definition) is 1. The maximum absolute atomic E-state index is 12.8. The maximum Gasteiger partial charge on any atom is 0.254 e. The highest BCUT2D eigenvalue weighted by atomic mass is 32.1. The smallest absolute Gasteiger partial charge is 0.254 e. The molecule has 23 heavy (non-hydrogen) atoms. The number of hydrogen-bond acceptors (Lipinski definition) is 4. The molecule has 1 fully saturated rings. The molecular formula is C18H23N3OS. The van der Waals surface area contributed by atoms with Gasteiger partial charge in [0.15, 0.2) is 0 Å². The van der Waals surface area contributed by atoms with Crippen LogP contribution in [0.4, 0.5) is 0 Å². The van der Waals surface area contributed by atoms with Crippen molar-refractivity contribution in [3.63, 3.8) is 0 Å². The van der Waals surface area contributed by atoms with Crippen LogP contribution >= 0.6 is 11.3 Å². The van der Waals surface area contributed by atoms with Gasteiger partial charge >= 0.3 is 0 Å². The number of nitrogens with two attached hydrogens (primary N) is 1. The monoisotopic (exact) mass is 329 g/mol. The molecule has 0 unspecified atom stereocenters. The number of amides is 1. The van der Waals surface area contributed by atoms with Gasteiger partial charge in [0.25, 0.3) is 5.91 Å². The van der Waals surface area contributed by atoms with Crippen molar-refractivity contribution >= 4 is 17.2 Å². The zero-order valence-electron chi connectivity index (χ0n) is 13.7. The normalized spacial score (nSPS) is 21.4. The summed E-state index contributed by atoms with van der Waals surface area (Å²) in [5.41, 5.74) is 8.72. The number of piperidine rings is 1. The van der Waals surface area contributed by atoms with E-state index in [1.54, 1.807) is 11.3 Å². The van der Waals surface area contributed by atoms with E-state index in [-0.39, 0.29) is 11.9 Å². The number of nitrogens with zero attached hydrogens (tertiary/aromatic N) is 2. The Bertz CT molecular complexity index is 680. The van der Waals surface area contributed by atoms with E-state index in [9.17, 15) is 4.79 Å². The molecular weight excluding hydrogens is 306 g/mol. The van der Waals surface area contributed by atoms with E-state index < -0.39 is 0 Å². The van der Waals surface area contributed by atoms with Crippen molar-refractivity contribution in [1.29, 1.82) is 0 Å². The third-order valence-electron chi connectivity index (χ3n) is 4.62. The van der Waals surface area contributed by atoms with E-state index >= 15 is 0 Å². The van der Waals surface area contributed by atoms with Crippen LogP contribution < -0.4 is 5.73 Å². The summed E-state index contributed by atoms with van der Waals surface area (Å²) in [5, 5.41) is 3.03. The van der Waals surface area contributed by atoms with Crippen molar-refractivity contribution in [3.8, 4) is 10.6 Å². The molecule has 1 saturated heterocycles. The Morgan fingerprint density at radius 1 is 1.39 bits per heavy atom. The van der Waals surface area contributed by atoms with Gasteiger partial charge in [0, 0.05) is 41.3 Å². The summed E-state index contributed by atoms with van der Waals surface area (Å²) in [6, 6.07) is 7.92. The van der Waals surface area contributed by atoms with E-state index in [1.807, 2.05) is 41.5 Å². The van der Waals surface area contributed by atoms with E-state index in [4.69, 9.17) is 5.73 Å². The van der Waals surface area contributed by atoms with Crippen molar-refractivity contribution in [3.05, 3.63) is 40.9 Å². The van der Waals surface area contributed by atoms with Crippen LogP contribution in [0, 0.1) is 12.8 Å². The van der Waals surface area contributed by atoms with Crippen LogP contribution in [0.25, 0.3) is 10.6 Å². The lowest BCUT2D eigenvalue weighted by Gasteiger charge is -2.39. The fourth-order valence-corrected chi connectivity index (χ4v) is 4.07. The molecule has 0 spiro atoms. The first-order valence-electron chi connectivity index (χ1n) is 8.13. The van der Waals surface area contributed by atoms with Crippen LogP contribution in [0.15, 0.2) is 29.6 Å². The van der Waals surface area contributed by atoms with E-state index in [1.165, 1.54) is 0 Å². The molecule has 2 aromatic rings. The van der Waals surface area contributed by atoms with E-state index in [0.717, 1.165) is 41.2 Å². The molecule has 2 heterocycles. The molecule has 5 heteroatoms. The predicted molar refractivity (Wildman–Crippen MR) is 94.6 cm³/mol. The van der Waals surface area contributed by atoms with Gasteiger partial charge in [0.1, 0.15) is 5.01 Å². The number of carbonyl (C=O) groups excluding carboxylic acids is 1. The van der Waals surface area contributed by atoms with Gasteiger partial charge in [-0.05, 0) is 37.8 Å². The second-order valence-corrected chi connectivity index (χ2v) is 7.15. The van der Waals surface area contributed by atoms with Gasteiger partial charge in [0.2, 0.25) is 0 Å². The van der Waals surface area contributed by atoms with Crippen LogP contribution in [-0.2, 0) is 0 Å². The molecule has 1 aromatic heterocycles. The second kappa shape index (κ2) is 6.81. The topological polar surface area (TPSA) is 59.2 Å². The van der Waals surface area contributed by atoms with E-state index in [2.05, 4.69) is 11.9 Å². The third-order valence-corrected chi connectivity index (χ3v) is 5.63. The number of rotatable bonds is 3. The van der Waals surface area contributed by atoms with E-state index in [0.29, 0.717) is 12.5 Å². The van der Waals surface area contributed by atoms with Crippen LogP contribution in [0.3, 0.4) is 0 Å². The molecule has 0 bridgehead atoms. The summed E-state index contributed by atoms with van der Waals surface area (Å²) in [5.74, 6) is 0.559. The molecule has 1 aliphatic rings. The van der Waals surface area contributed by atoms with Gasteiger partial charge in [-0.2, -0.15) is 0 Å². The average molecular weight is 329 g/mol. The fourth-order valence-electron chi connectivity index (χ4n) is 3.27. The van der Waals surface area contributed by atoms with Gasteiger partial charge in [-0.3, -0.25) is 4.79 Å². The Labute approximate surface area is 141 Å². The van der Waals surface area contributed by atoms with Crippen molar-refractivity contribution in [2.75, 3.05) is 13.1 Å². The Kier molecular flexibility index (Phi) is 4.78. The standard InChI is InChI=1S/C18H23N3OS/c1-12-4-3-9-21(16(12)10-19)18(22)15-7-5-14(6-8-15)17-20-13(2)11-23-17/h5-8,11-12,16H,3-4,9-10,19H2,1-2H3/t12-,16+/m1/s1. The summed E-state index contributed by atoms with van der Waals surface area (Å²) in [6.45, 7) is 5.51. The lowest BCUT2D eigenvalue weighted by molar-refractivity contribution is 0.0532. The highest BCUT2D eigenvalue weighted by molar-refractivity contribution is 7.13. The largest absolute Gasteiger partial charge is 0.334 e. The maximum atomic E-state index is 12.8. The molecule has 122 valence electrons. The summed E-state index contributed by atoms with van der Waals surface area (Å²) in [7, 11) is 0. The Morgan fingerprint density at radius 2 is 2.13 bits per heavy atom. The number of aromatic nitrogens is 1. The van der Waals surface area contributed by atoms with Gasteiger partial charge < -0.3 is 10.6 Å². The lowest BCUT2D eigenvalue weighted by atomic mass is 9.90. The quantitative estimate of drug-likeness (QED) is 0.940. The van der Waals surface area contributed by atoms with Crippen LogP contribution in [-0.4, -0.2) is 34.9 Å². The molecule has 2 N–H and O–H groups in total. The molecule has 4 nitrogen and oxygen atoms in total. The minimum atomic E-state index is 0.0915. The molecule has 0 aliphatic carbocycles. The molecule has 1 amide bonds.